The molecule has 0 heterocycles. The molecule has 0 spiro atoms. The average Bonchev–Trinajstić information content (AvgIpc) is 2.52. The van der Waals surface area contributed by atoms with Crippen molar-refractivity contribution in [3.63, 3.8) is 0 Å². The number of nitro groups is 1. The second-order valence-corrected chi connectivity index (χ2v) is 4.60. The fourth-order valence-corrected chi connectivity index (χ4v) is 1.91. The molecule has 2 aromatic rings. The van der Waals surface area contributed by atoms with E-state index in [1.165, 1.54) is 42.5 Å². The highest BCUT2D eigenvalue weighted by Crippen LogP contribution is 2.30. The largest absolute Gasteiger partial charge is 0.416 e. The van der Waals surface area contributed by atoms with Crippen LogP contribution in [0.3, 0.4) is 0 Å². The summed E-state index contributed by atoms with van der Waals surface area (Å²) in [6.45, 7) is 0. The Morgan fingerprint density at radius 2 is 1.83 bits per heavy atom. The van der Waals surface area contributed by atoms with Gasteiger partial charge < -0.3 is 0 Å². The fourth-order valence-electron chi connectivity index (χ4n) is 1.91. The highest BCUT2D eigenvalue weighted by molar-refractivity contribution is 5.89. The molecule has 4 nitrogen and oxygen atoms in total. The maximum atomic E-state index is 12.7. The van der Waals surface area contributed by atoms with E-state index in [1.807, 2.05) is 6.07 Å². The zero-order valence-corrected chi connectivity index (χ0v) is 11.5. The first-order valence-corrected chi connectivity index (χ1v) is 6.35. The highest BCUT2D eigenvalue weighted by atomic mass is 19.4. The number of alkyl halides is 3. The van der Waals surface area contributed by atoms with Crippen LogP contribution in [0.25, 0.3) is 11.6 Å². The summed E-state index contributed by atoms with van der Waals surface area (Å²) in [5.41, 5.74) is -0.234. The Morgan fingerprint density at radius 1 is 1.17 bits per heavy atom. The van der Waals surface area contributed by atoms with Crippen LogP contribution >= 0.6 is 0 Å². The van der Waals surface area contributed by atoms with Gasteiger partial charge in [0.1, 0.15) is 0 Å². The summed E-state index contributed by atoms with van der Waals surface area (Å²) >= 11 is 0. The molecule has 2 aromatic carbocycles. The van der Waals surface area contributed by atoms with E-state index in [1.54, 1.807) is 0 Å². The average molecular weight is 318 g/mol. The van der Waals surface area contributed by atoms with Crippen LogP contribution < -0.4 is 0 Å². The van der Waals surface area contributed by atoms with Gasteiger partial charge in [-0.15, -0.1) is 0 Å². The number of non-ortho nitro benzene ring substituents is 1. The molecule has 116 valence electrons. The molecule has 23 heavy (non-hydrogen) atoms. The van der Waals surface area contributed by atoms with Crippen molar-refractivity contribution in [1.29, 1.82) is 5.26 Å². The third kappa shape index (κ3) is 3.95. The summed E-state index contributed by atoms with van der Waals surface area (Å²) in [5, 5.41) is 19.8. The van der Waals surface area contributed by atoms with Gasteiger partial charge in [-0.3, -0.25) is 10.1 Å². The van der Waals surface area contributed by atoms with Gasteiger partial charge in [-0.25, -0.2) is 0 Å². The van der Waals surface area contributed by atoms with Crippen LogP contribution in [0, 0.1) is 21.4 Å². The lowest BCUT2D eigenvalue weighted by Gasteiger charge is -2.07. The van der Waals surface area contributed by atoms with Gasteiger partial charge in [0.15, 0.2) is 0 Å². The number of halogens is 3. The van der Waals surface area contributed by atoms with E-state index < -0.39 is 16.7 Å². The van der Waals surface area contributed by atoms with Crippen molar-refractivity contribution in [3.8, 4) is 6.07 Å². The Balaban J connectivity index is 2.39. The van der Waals surface area contributed by atoms with E-state index in [9.17, 15) is 28.5 Å². The predicted molar refractivity (Wildman–Crippen MR) is 78.0 cm³/mol. The van der Waals surface area contributed by atoms with E-state index >= 15 is 0 Å². The number of hydrogen-bond donors (Lipinski definition) is 0. The second kappa shape index (κ2) is 6.32. The molecular formula is C16H9F3N2O2. The molecule has 0 fully saturated rings. The molecule has 0 N–H and O–H groups in total. The quantitative estimate of drug-likeness (QED) is 0.357. The van der Waals surface area contributed by atoms with Crippen LogP contribution in [0.4, 0.5) is 18.9 Å². The first-order valence-electron chi connectivity index (χ1n) is 6.35. The summed E-state index contributed by atoms with van der Waals surface area (Å²) in [5.74, 6) is 0. The third-order valence-corrected chi connectivity index (χ3v) is 3.03. The van der Waals surface area contributed by atoms with Crippen LogP contribution in [0.2, 0.25) is 0 Å². The van der Waals surface area contributed by atoms with Gasteiger partial charge in [0.2, 0.25) is 0 Å². The van der Waals surface area contributed by atoms with Gasteiger partial charge in [-0.05, 0) is 41.5 Å². The summed E-state index contributed by atoms with van der Waals surface area (Å²) in [7, 11) is 0. The van der Waals surface area contributed by atoms with Crippen molar-refractivity contribution in [2.75, 3.05) is 0 Å². The lowest BCUT2D eigenvalue weighted by molar-refractivity contribution is -0.384. The van der Waals surface area contributed by atoms with Crippen LogP contribution in [0.5, 0.6) is 0 Å². The lowest BCUT2D eigenvalue weighted by atomic mass is 10.0. The van der Waals surface area contributed by atoms with Gasteiger partial charge in [0, 0.05) is 12.1 Å². The van der Waals surface area contributed by atoms with Crippen LogP contribution in [-0.2, 0) is 6.18 Å². The topological polar surface area (TPSA) is 66.9 Å². The zero-order chi connectivity index (χ0) is 17.0. The molecule has 0 unspecified atom stereocenters. The van der Waals surface area contributed by atoms with Gasteiger partial charge >= 0.3 is 6.18 Å². The minimum atomic E-state index is -4.47. The molecule has 0 saturated heterocycles. The molecule has 0 amide bonds. The number of nitriles is 1. The van der Waals surface area contributed by atoms with Crippen molar-refractivity contribution in [1.82, 2.24) is 0 Å². The van der Waals surface area contributed by atoms with Crippen molar-refractivity contribution in [2.45, 2.75) is 6.18 Å². The zero-order valence-electron chi connectivity index (χ0n) is 11.5. The SMILES string of the molecule is N#C/C(=C/c1cccc(C(F)(F)F)c1)c1ccc([N+](=O)[O-])cc1. The lowest BCUT2D eigenvalue weighted by Crippen LogP contribution is -2.04. The van der Waals surface area contributed by atoms with Gasteiger partial charge in [0.25, 0.3) is 5.69 Å². The van der Waals surface area contributed by atoms with Crippen LogP contribution in [0.15, 0.2) is 48.5 Å². The van der Waals surface area contributed by atoms with E-state index in [0.717, 1.165) is 12.1 Å². The fraction of sp³-hybridized carbons (Fsp3) is 0.0625. The van der Waals surface area contributed by atoms with Gasteiger partial charge in [-0.2, -0.15) is 18.4 Å². The van der Waals surface area contributed by atoms with Gasteiger partial charge in [-0.1, -0.05) is 12.1 Å². The molecule has 0 aromatic heterocycles. The second-order valence-electron chi connectivity index (χ2n) is 4.60. The Hall–Kier alpha value is -3.14. The molecule has 0 bridgehead atoms. The molecule has 0 saturated carbocycles. The van der Waals surface area contributed by atoms with Gasteiger partial charge in [0.05, 0.1) is 22.1 Å². The van der Waals surface area contributed by atoms with Crippen molar-refractivity contribution >= 4 is 17.3 Å². The molecule has 0 aliphatic carbocycles. The molecule has 0 aliphatic heterocycles. The molecule has 0 aliphatic rings. The molecule has 2 rings (SSSR count). The number of rotatable bonds is 3. The highest BCUT2D eigenvalue weighted by Gasteiger charge is 2.30. The van der Waals surface area contributed by atoms with Crippen molar-refractivity contribution in [3.05, 3.63) is 75.3 Å². The van der Waals surface area contributed by atoms with Crippen molar-refractivity contribution < 1.29 is 18.1 Å². The maximum absolute atomic E-state index is 12.7. The summed E-state index contributed by atoms with van der Waals surface area (Å²) in [6.07, 6.45) is -3.17. The predicted octanol–water partition coefficient (Wildman–Crippen LogP) is 4.68. The molecule has 7 heteroatoms. The maximum Gasteiger partial charge on any atom is 0.416 e. The monoisotopic (exact) mass is 318 g/mol. The number of benzene rings is 2. The molecule has 0 atom stereocenters. The number of nitrogens with zero attached hydrogens (tertiary/aromatic N) is 2. The summed E-state index contributed by atoms with van der Waals surface area (Å²) in [6, 6.07) is 11.7. The standard InChI is InChI=1S/C16H9F3N2O2/c17-16(18,19)14-3-1-2-11(9-14)8-13(10-20)12-4-6-15(7-5-12)21(22)23/h1-9H/b13-8-. The molecule has 0 radical (unpaired) electrons. The Labute approximate surface area is 129 Å². The number of allylic oxidation sites excluding steroid dienone is 1. The molecular weight excluding hydrogens is 309 g/mol. The van der Waals surface area contributed by atoms with E-state index in [2.05, 4.69) is 0 Å². The first-order chi connectivity index (χ1) is 10.8. The van der Waals surface area contributed by atoms with Crippen LogP contribution in [-0.4, -0.2) is 4.92 Å². The van der Waals surface area contributed by atoms with Crippen molar-refractivity contribution in [2.24, 2.45) is 0 Å². The first kappa shape index (κ1) is 16.2. The Bertz CT molecular complexity index is 803. The van der Waals surface area contributed by atoms with Crippen LogP contribution in [0.1, 0.15) is 16.7 Å². The normalized spacial score (nSPS) is 11.8. The van der Waals surface area contributed by atoms with E-state index in [-0.39, 0.29) is 16.8 Å². The van der Waals surface area contributed by atoms with E-state index in [4.69, 9.17) is 0 Å². The van der Waals surface area contributed by atoms with E-state index in [0.29, 0.717) is 5.56 Å². The summed E-state index contributed by atoms with van der Waals surface area (Å²) < 4.78 is 38.0. The number of hydrogen-bond acceptors (Lipinski definition) is 3. The minimum absolute atomic E-state index is 0.110. The minimum Gasteiger partial charge on any atom is -0.258 e. The smallest absolute Gasteiger partial charge is 0.258 e. The summed E-state index contributed by atoms with van der Waals surface area (Å²) in [4.78, 5) is 10.0. The Kier molecular flexibility index (Phi) is 4.46. The third-order valence-electron chi connectivity index (χ3n) is 3.03. The number of nitro benzene ring substituents is 1. The Morgan fingerprint density at radius 3 is 2.35 bits per heavy atom.